The molecule has 0 heterocycles. The highest BCUT2D eigenvalue weighted by Gasteiger charge is 2.45. The Bertz CT molecular complexity index is 413. The Morgan fingerprint density at radius 2 is 1.81 bits per heavy atom. The summed E-state index contributed by atoms with van der Waals surface area (Å²) >= 11 is 0. The zero-order chi connectivity index (χ0) is 14.5. The van der Waals surface area contributed by atoms with Crippen LogP contribution < -0.4 is 5.32 Å². The van der Waals surface area contributed by atoms with Crippen molar-refractivity contribution in [2.24, 2.45) is 17.8 Å². The molecule has 0 aliphatic heterocycles. The van der Waals surface area contributed by atoms with Crippen LogP contribution in [0.1, 0.15) is 63.4 Å². The van der Waals surface area contributed by atoms with Gasteiger partial charge in [0, 0.05) is 0 Å². The summed E-state index contributed by atoms with van der Waals surface area (Å²) in [6, 6.07) is 11.2. The molecule has 0 bridgehead atoms. The van der Waals surface area contributed by atoms with E-state index in [1.807, 2.05) is 0 Å². The van der Waals surface area contributed by atoms with Crippen molar-refractivity contribution in [2.45, 2.75) is 57.8 Å². The van der Waals surface area contributed by atoms with Crippen LogP contribution in [0.4, 0.5) is 0 Å². The number of nitrogens with one attached hydrogen (secondary N) is 1. The van der Waals surface area contributed by atoms with Crippen molar-refractivity contribution in [3.05, 3.63) is 35.9 Å². The van der Waals surface area contributed by atoms with Crippen molar-refractivity contribution in [2.75, 3.05) is 13.1 Å². The summed E-state index contributed by atoms with van der Waals surface area (Å²) in [5, 5.41) is 3.70. The van der Waals surface area contributed by atoms with Crippen molar-refractivity contribution in [1.82, 2.24) is 5.32 Å². The van der Waals surface area contributed by atoms with Gasteiger partial charge in [-0.15, -0.1) is 0 Å². The molecule has 2 aliphatic carbocycles. The van der Waals surface area contributed by atoms with E-state index in [9.17, 15) is 0 Å². The fraction of sp³-hybridized carbons (Fsp3) is 0.700. The Labute approximate surface area is 130 Å². The Morgan fingerprint density at radius 1 is 1.00 bits per heavy atom. The summed E-state index contributed by atoms with van der Waals surface area (Å²) in [5.74, 6) is 3.74. The first-order valence-electron chi connectivity index (χ1n) is 9.15. The average Bonchev–Trinajstić information content (AvgIpc) is 3.32. The highest BCUT2D eigenvalue weighted by Crippen LogP contribution is 2.56. The zero-order valence-electron chi connectivity index (χ0n) is 13.6. The first-order chi connectivity index (χ1) is 10.4. The van der Waals surface area contributed by atoms with E-state index in [2.05, 4.69) is 42.6 Å². The molecular formula is C20H31N. The molecule has 0 aromatic heterocycles. The molecule has 1 aromatic carbocycles. The Kier molecular flexibility index (Phi) is 5.35. The second kappa shape index (κ2) is 7.45. The van der Waals surface area contributed by atoms with Crippen LogP contribution in [0.5, 0.6) is 0 Å². The average molecular weight is 285 g/mol. The van der Waals surface area contributed by atoms with E-state index in [0.29, 0.717) is 0 Å². The van der Waals surface area contributed by atoms with Gasteiger partial charge in [0.2, 0.25) is 0 Å². The molecule has 2 fully saturated rings. The SMILES string of the molecule is CCCNCC1CCCCCC1C1CC1c1ccccc1. The van der Waals surface area contributed by atoms with Crippen molar-refractivity contribution in [3.63, 3.8) is 0 Å². The van der Waals surface area contributed by atoms with Crippen molar-refractivity contribution in [1.29, 1.82) is 0 Å². The van der Waals surface area contributed by atoms with Gasteiger partial charge in [0.15, 0.2) is 0 Å². The van der Waals surface area contributed by atoms with E-state index in [0.717, 1.165) is 23.7 Å². The van der Waals surface area contributed by atoms with Gasteiger partial charge in [-0.05, 0) is 68.0 Å². The number of hydrogen-bond acceptors (Lipinski definition) is 1. The Balaban J connectivity index is 1.61. The van der Waals surface area contributed by atoms with Crippen LogP contribution in [0.15, 0.2) is 30.3 Å². The normalized spacial score (nSPS) is 32.6. The van der Waals surface area contributed by atoms with Crippen molar-refractivity contribution >= 4 is 0 Å². The lowest BCUT2D eigenvalue weighted by Crippen LogP contribution is -2.29. The quantitative estimate of drug-likeness (QED) is 0.574. The van der Waals surface area contributed by atoms with E-state index < -0.39 is 0 Å². The van der Waals surface area contributed by atoms with Gasteiger partial charge in [-0.2, -0.15) is 0 Å². The molecule has 4 unspecified atom stereocenters. The van der Waals surface area contributed by atoms with Crippen LogP contribution in [-0.2, 0) is 0 Å². The van der Waals surface area contributed by atoms with Gasteiger partial charge in [-0.1, -0.05) is 56.5 Å². The molecule has 21 heavy (non-hydrogen) atoms. The third-order valence-corrected chi connectivity index (χ3v) is 5.67. The summed E-state index contributed by atoms with van der Waals surface area (Å²) in [6.45, 7) is 4.72. The first-order valence-corrected chi connectivity index (χ1v) is 9.15. The second-order valence-electron chi connectivity index (χ2n) is 7.18. The maximum absolute atomic E-state index is 3.70. The van der Waals surface area contributed by atoms with Gasteiger partial charge in [0.25, 0.3) is 0 Å². The molecule has 1 N–H and O–H groups in total. The van der Waals surface area contributed by atoms with E-state index >= 15 is 0 Å². The lowest BCUT2D eigenvalue weighted by Gasteiger charge is -2.26. The van der Waals surface area contributed by atoms with Crippen LogP contribution >= 0.6 is 0 Å². The fourth-order valence-corrected chi connectivity index (χ4v) is 4.47. The van der Waals surface area contributed by atoms with Gasteiger partial charge in [-0.3, -0.25) is 0 Å². The molecule has 1 nitrogen and oxygen atoms in total. The predicted octanol–water partition coefficient (Wildman–Crippen LogP) is 4.99. The maximum Gasteiger partial charge on any atom is -0.00178 e. The minimum Gasteiger partial charge on any atom is -0.316 e. The smallest absolute Gasteiger partial charge is 0.00178 e. The molecular weight excluding hydrogens is 254 g/mol. The fourth-order valence-electron chi connectivity index (χ4n) is 4.47. The topological polar surface area (TPSA) is 12.0 Å². The number of benzene rings is 1. The largest absolute Gasteiger partial charge is 0.316 e. The molecule has 4 atom stereocenters. The second-order valence-corrected chi connectivity index (χ2v) is 7.18. The van der Waals surface area contributed by atoms with Crippen LogP contribution in [0.25, 0.3) is 0 Å². The molecule has 2 aliphatic rings. The predicted molar refractivity (Wildman–Crippen MR) is 90.5 cm³/mol. The van der Waals surface area contributed by atoms with Crippen molar-refractivity contribution in [3.8, 4) is 0 Å². The van der Waals surface area contributed by atoms with Crippen LogP contribution in [0.2, 0.25) is 0 Å². The lowest BCUT2D eigenvalue weighted by atomic mass is 9.82. The van der Waals surface area contributed by atoms with Crippen LogP contribution in [0, 0.1) is 17.8 Å². The summed E-state index contributed by atoms with van der Waals surface area (Å²) < 4.78 is 0. The molecule has 2 saturated carbocycles. The summed E-state index contributed by atoms with van der Waals surface area (Å²) in [6.07, 6.45) is 10.0. The van der Waals surface area contributed by atoms with E-state index in [1.165, 1.54) is 58.0 Å². The Hall–Kier alpha value is -0.820. The summed E-state index contributed by atoms with van der Waals surface area (Å²) in [4.78, 5) is 0. The molecule has 1 heteroatoms. The van der Waals surface area contributed by atoms with E-state index in [-0.39, 0.29) is 0 Å². The highest BCUT2D eigenvalue weighted by molar-refractivity contribution is 5.26. The van der Waals surface area contributed by atoms with Crippen LogP contribution in [0.3, 0.4) is 0 Å². The standard InChI is InChI=1S/C20H31N/c1-2-13-21-15-17-11-7-4-8-12-18(17)20-14-19(20)16-9-5-3-6-10-16/h3,5-6,9-10,17-21H,2,4,7-8,11-15H2,1H3. The van der Waals surface area contributed by atoms with E-state index in [4.69, 9.17) is 0 Å². The molecule has 116 valence electrons. The van der Waals surface area contributed by atoms with Crippen molar-refractivity contribution < 1.29 is 0 Å². The summed E-state index contributed by atoms with van der Waals surface area (Å²) in [5.41, 5.74) is 1.59. The molecule has 0 amide bonds. The van der Waals surface area contributed by atoms with Crippen LogP contribution in [-0.4, -0.2) is 13.1 Å². The van der Waals surface area contributed by atoms with Gasteiger partial charge in [0.1, 0.15) is 0 Å². The highest BCUT2D eigenvalue weighted by atomic mass is 14.9. The number of hydrogen-bond donors (Lipinski definition) is 1. The third kappa shape index (κ3) is 3.88. The van der Waals surface area contributed by atoms with Gasteiger partial charge in [-0.25, -0.2) is 0 Å². The third-order valence-electron chi connectivity index (χ3n) is 5.67. The maximum atomic E-state index is 3.70. The van der Waals surface area contributed by atoms with Gasteiger partial charge in [0.05, 0.1) is 0 Å². The molecule has 0 saturated heterocycles. The minimum absolute atomic E-state index is 0.864. The monoisotopic (exact) mass is 285 g/mol. The first kappa shape index (κ1) is 15.1. The van der Waals surface area contributed by atoms with Gasteiger partial charge >= 0.3 is 0 Å². The van der Waals surface area contributed by atoms with Gasteiger partial charge < -0.3 is 5.32 Å². The molecule has 0 radical (unpaired) electrons. The minimum atomic E-state index is 0.864. The molecule has 0 spiro atoms. The molecule has 1 aromatic rings. The van der Waals surface area contributed by atoms with E-state index in [1.54, 1.807) is 5.56 Å². The molecule has 3 rings (SSSR count). The zero-order valence-corrected chi connectivity index (χ0v) is 13.6. The number of rotatable bonds is 6. The lowest BCUT2D eigenvalue weighted by molar-refractivity contribution is 0.264. The summed E-state index contributed by atoms with van der Waals surface area (Å²) in [7, 11) is 0. The Morgan fingerprint density at radius 3 is 2.62 bits per heavy atom.